The third-order valence-corrected chi connectivity index (χ3v) is 2.31. The van der Waals surface area contributed by atoms with Gasteiger partial charge < -0.3 is 10.0 Å². The summed E-state index contributed by atoms with van der Waals surface area (Å²) in [7, 11) is 0. The number of halogens is 1. The minimum atomic E-state index is -0.147. The summed E-state index contributed by atoms with van der Waals surface area (Å²) in [5.74, 6) is -0.147. The molecule has 0 atom stereocenters. The Labute approximate surface area is 99.9 Å². The predicted molar refractivity (Wildman–Crippen MR) is 62.5 cm³/mol. The number of aliphatic hydroxyl groups is 1. The van der Waals surface area contributed by atoms with Crippen LogP contribution in [0.1, 0.15) is 23.7 Å². The summed E-state index contributed by atoms with van der Waals surface area (Å²) in [6, 6.07) is 1.58. The molecule has 5 heteroatoms. The Balaban J connectivity index is 2.81. The molecule has 0 saturated heterocycles. The Morgan fingerprint density at radius 3 is 2.81 bits per heavy atom. The van der Waals surface area contributed by atoms with Gasteiger partial charge in [-0.1, -0.05) is 18.5 Å². The third-order valence-electron chi connectivity index (χ3n) is 2.10. The van der Waals surface area contributed by atoms with Gasteiger partial charge in [-0.2, -0.15) is 0 Å². The Hall–Kier alpha value is -1.13. The van der Waals surface area contributed by atoms with Crippen molar-refractivity contribution in [1.29, 1.82) is 0 Å². The van der Waals surface area contributed by atoms with Gasteiger partial charge in [0.25, 0.3) is 5.91 Å². The van der Waals surface area contributed by atoms with Crippen molar-refractivity contribution >= 4 is 17.5 Å². The fraction of sp³-hybridized carbons (Fsp3) is 0.455. The molecule has 0 aliphatic rings. The van der Waals surface area contributed by atoms with E-state index in [9.17, 15) is 4.79 Å². The number of carbonyl (C=O) groups is 1. The molecule has 1 aromatic rings. The van der Waals surface area contributed by atoms with E-state index in [0.29, 0.717) is 23.7 Å². The van der Waals surface area contributed by atoms with Crippen LogP contribution in [-0.2, 0) is 0 Å². The van der Waals surface area contributed by atoms with Gasteiger partial charge in [0.2, 0.25) is 0 Å². The van der Waals surface area contributed by atoms with Gasteiger partial charge >= 0.3 is 0 Å². The second kappa shape index (κ2) is 6.45. The van der Waals surface area contributed by atoms with Gasteiger partial charge in [0.15, 0.2) is 0 Å². The number of hydrogen-bond donors (Lipinski definition) is 1. The summed E-state index contributed by atoms with van der Waals surface area (Å²) in [6.07, 6.45) is 3.81. The summed E-state index contributed by atoms with van der Waals surface area (Å²) in [5, 5.41) is 9.31. The Morgan fingerprint density at radius 2 is 2.25 bits per heavy atom. The fourth-order valence-corrected chi connectivity index (χ4v) is 1.59. The first kappa shape index (κ1) is 12.9. The normalized spacial score (nSPS) is 10.2. The van der Waals surface area contributed by atoms with Crippen molar-refractivity contribution in [2.45, 2.75) is 13.3 Å². The number of rotatable bonds is 5. The zero-order chi connectivity index (χ0) is 12.0. The molecule has 1 rings (SSSR count). The van der Waals surface area contributed by atoms with E-state index in [0.717, 1.165) is 6.42 Å². The summed E-state index contributed by atoms with van der Waals surface area (Å²) in [5.41, 5.74) is 0.453. The van der Waals surface area contributed by atoms with E-state index in [-0.39, 0.29) is 12.5 Å². The van der Waals surface area contributed by atoms with Gasteiger partial charge in [-0.3, -0.25) is 9.78 Å². The van der Waals surface area contributed by atoms with Crippen LogP contribution in [0.2, 0.25) is 5.02 Å². The van der Waals surface area contributed by atoms with E-state index in [1.165, 1.54) is 12.4 Å². The number of amides is 1. The maximum atomic E-state index is 12.0. The summed E-state index contributed by atoms with van der Waals surface area (Å²) in [6.45, 7) is 2.89. The number of aromatic nitrogens is 1. The van der Waals surface area contributed by atoms with Crippen molar-refractivity contribution in [3.8, 4) is 0 Å². The van der Waals surface area contributed by atoms with E-state index in [1.807, 2.05) is 6.92 Å². The number of pyridine rings is 1. The average molecular weight is 243 g/mol. The first-order valence-corrected chi connectivity index (χ1v) is 5.57. The molecule has 88 valence electrons. The van der Waals surface area contributed by atoms with E-state index in [2.05, 4.69) is 4.98 Å². The highest BCUT2D eigenvalue weighted by Gasteiger charge is 2.14. The maximum Gasteiger partial charge on any atom is 0.255 e. The van der Waals surface area contributed by atoms with Gasteiger partial charge in [-0.15, -0.1) is 0 Å². The second-order valence-electron chi connectivity index (χ2n) is 3.41. The van der Waals surface area contributed by atoms with Crippen LogP contribution in [0.3, 0.4) is 0 Å². The van der Waals surface area contributed by atoms with Crippen molar-refractivity contribution in [3.05, 3.63) is 29.0 Å². The van der Waals surface area contributed by atoms with Crippen LogP contribution < -0.4 is 0 Å². The Bertz CT molecular complexity index is 352. The SMILES string of the molecule is CCCN(CCO)C(=O)c1cncc(Cl)c1. The lowest BCUT2D eigenvalue weighted by atomic mass is 10.2. The summed E-state index contributed by atoms with van der Waals surface area (Å²) < 4.78 is 0. The average Bonchev–Trinajstić information content (AvgIpc) is 2.28. The first-order chi connectivity index (χ1) is 7.69. The smallest absolute Gasteiger partial charge is 0.255 e. The molecule has 1 N–H and O–H groups in total. The highest BCUT2D eigenvalue weighted by molar-refractivity contribution is 6.30. The van der Waals surface area contributed by atoms with Crippen LogP contribution >= 0.6 is 11.6 Å². The van der Waals surface area contributed by atoms with Crippen molar-refractivity contribution in [2.24, 2.45) is 0 Å². The van der Waals surface area contributed by atoms with E-state index < -0.39 is 0 Å². The quantitative estimate of drug-likeness (QED) is 0.853. The lowest BCUT2D eigenvalue weighted by Crippen LogP contribution is -2.34. The van der Waals surface area contributed by atoms with Crippen LogP contribution in [0.5, 0.6) is 0 Å². The molecule has 0 unspecified atom stereocenters. The number of aliphatic hydroxyl groups excluding tert-OH is 1. The van der Waals surface area contributed by atoms with Crippen LogP contribution in [0.25, 0.3) is 0 Å². The standard InChI is InChI=1S/C11H15ClN2O2/c1-2-3-14(4-5-15)11(16)9-6-10(12)8-13-7-9/h6-8,15H,2-5H2,1H3. The van der Waals surface area contributed by atoms with Crippen molar-refractivity contribution in [3.63, 3.8) is 0 Å². The molecule has 1 aromatic heterocycles. The summed E-state index contributed by atoms with van der Waals surface area (Å²) >= 11 is 5.77. The van der Waals surface area contributed by atoms with Crippen LogP contribution in [0.15, 0.2) is 18.5 Å². The highest BCUT2D eigenvalue weighted by atomic mass is 35.5. The molecule has 0 aliphatic heterocycles. The molecular weight excluding hydrogens is 228 g/mol. The predicted octanol–water partition coefficient (Wildman–Crippen LogP) is 1.58. The van der Waals surface area contributed by atoms with Gasteiger partial charge in [-0.05, 0) is 12.5 Å². The molecular formula is C11H15ClN2O2. The molecule has 1 amide bonds. The minimum Gasteiger partial charge on any atom is -0.395 e. The third kappa shape index (κ3) is 3.47. The monoisotopic (exact) mass is 242 g/mol. The lowest BCUT2D eigenvalue weighted by molar-refractivity contribution is 0.0721. The highest BCUT2D eigenvalue weighted by Crippen LogP contribution is 2.11. The maximum absolute atomic E-state index is 12.0. The number of carbonyl (C=O) groups excluding carboxylic acids is 1. The lowest BCUT2D eigenvalue weighted by Gasteiger charge is -2.20. The molecule has 0 fully saturated rings. The van der Waals surface area contributed by atoms with Crippen molar-refractivity contribution in [2.75, 3.05) is 19.7 Å². The van der Waals surface area contributed by atoms with Gasteiger partial charge in [0, 0.05) is 25.5 Å². The fourth-order valence-electron chi connectivity index (χ4n) is 1.42. The molecule has 4 nitrogen and oxygen atoms in total. The van der Waals surface area contributed by atoms with Gasteiger partial charge in [0.1, 0.15) is 0 Å². The Morgan fingerprint density at radius 1 is 1.50 bits per heavy atom. The molecule has 1 heterocycles. The van der Waals surface area contributed by atoms with Crippen molar-refractivity contribution in [1.82, 2.24) is 9.88 Å². The molecule has 16 heavy (non-hydrogen) atoms. The van der Waals surface area contributed by atoms with Gasteiger partial charge in [-0.25, -0.2) is 0 Å². The molecule has 0 aliphatic carbocycles. The second-order valence-corrected chi connectivity index (χ2v) is 3.84. The number of nitrogens with zero attached hydrogens (tertiary/aromatic N) is 2. The van der Waals surface area contributed by atoms with E-state index in [1.54, 1.807) is 11.0 Å². The molecule has 0 aromatic carbocycles. The van der Waals surface area contributed by atoms with Crippen LogP contribution in [-0.4, -0.2) is 40.6 Å². The van der Waals surface area contributed by atoms with E-state index in [4.69, 9.17) is 16.7 Å². The number of hydrogen-bond acceptors (Lipinski definition) is 3. The van der Waals surface area contributed by atoms with E-state index >= 15 is 0 Å². The van der Waals surface area contributed by atoms with Crippen LogP contribution in [0.4, 0.5) is 0 Å². The van der Waals surface area contributed by atoms with Crippen molar-refractivity contribution < 1.29 is 9.90 Å². The summed E-state index contributed by atoms with van der Waals surface area (Å²) in [4.78, 5) is 17.4. The zero-order valence-corrected chi connectivity index (χ0v) is 9.94. The zero-order valence-electron chi connectivity index (χ0n) is 9.19. The molecule has 0 spiro atoms. The molecule has 0 saturated carbocycles. The minimum absolute atomic E-state index is 0.0419. The topological polar surface area (TPSA) is 53.4 Å². The largest absolute Gasteiger partial charge is 0.395 e. The van der Waals surface area contributed by atoms with Gasteiger partial charge in [0.05, 0.1) is 17.2 Å². The van der Waals surface area contributed by atoms with Crippen LogP contribution in [0, 0.1) is 0 Å². The molecule has 0 radical (unpaired) electrons. The first-order valence-electron chi connectivity index (χ1n) is 5.19. The molecule has 0 bridgehead atoms. The Kier molecular flexibility index (Phi) is 5.22.